The topological polar surface area (TPSA) is 33.1 Å². The molecule has 0 fully saturated rings. The molecular weight excluding hydrogens is 243 g/mol. The second kappa shape index (κ2) is 4.78. The average molecular weight is 253 g/mol. The molecule has 1 aromatic heterocycles. The van der Waals surface area contributed by atoms with E-state index < -0.39 is 11.7 Å². The molecule has 0 saturated carbocycles. The Hall–Kier alpha value is -1.88. The van der Waals surface area contributed by atoms with Crippen LogP contribution in [0.15, 0.2) is 42.7 Å². The summed E-state index contributed by atoms with van der Waals surface area (Å²) < 4.78 is 38.7. The van der Waals surface area contributed by atoms with Gasteiger partial charge in [0.05, 0.1) is 12.2 Å². The van der Waals surface area contributed by atoms with Crippen LogP contribution in [0.25, 0.3) is 11.1 Å². The van der Waals surface area contributed by atoms with E-state index in [1.807, 2.05) is 0 Å². The molecule has 1 N–H and O–H groups in total. The van der Waals surface area contributed by atoms with Gasteiger partial charge in [0.2, 0.25) is 0 Å². The molecule has 2 nitrogen and oxygen atoms in total. The Morgan fingerprint density at radius 3 is 2.44 bits per heavy atom. The highest BCUT2D eigenvalue weighted by atomic mass is 19.4. The number of hydrogen-bond acceptors (Lipinski definition) is 2. The van der Waals surface area contributed by atoms with Gasteiger partial charge < -0.3 is 5.11 Å². The second-order valence-corrected chi connectivity index (χ2v) is 3.73. The molecule has 0 radical (unpaired) electrons. The number of nitrogens with zero attached hydrogens (tertiary/aromatic N) is 1. The van der Waals surface area contributed by atoms with Crippen molar-refractivity contribution in [3.05, 3.63) is 53.9 Å². The number of aliphatic hydroxyl groups excluding tert-OH is 1. The molecular formula is C13H10F3NO. The Kier molecular flexibility index (Phi) is 3.34. The second-order valence-electron chi connectivity index (χ2n) is 3.73. The minimum atomic E-state index is -4.42. The van der Waals surface area contributed by atoms with Crippen molar-refractivity contribution in [2.24, 2.45) is 0 Å². The Morgan fingerprint density at radius 1 is 1.06 bits per heavy atom. The monoisotopic (exact) mass is 253 g/mol. The number of rotatable bonds is 2. The highest BCUT2D eigenvalue weighted by Gasteiger charge is 2.33. The maximum Gasteiger partial charge on any atom is 0.417 e. The first-order chi connectivity index (χ1) is 8.54. The maximum absolute atomic E-state index is 12.9. The van der Waals surface area contributed by atoms with Gasteiger partial charge in [-0.3, -0.25) is 4.98 Å². The third kappa shape index (κ3) is 2.36. The molecule has 0 spiro atoms. The van der Waals surface area contributed by atoms with Gasteiger partial charge >= 0.3 is 6.18 Å². The van der Waals surface area contributed by atoms with Crippen LogP contribution >= 0.6 is 0 Å². The van der Waals surface area contributed by atoms with Gasteiger partial charge in [-0.15, -0.1) is 0 Å². The predicted molar refractivity (Wildman–Crippen MR) is 60.6 cm³/mol. The predicted octanol–water partition coefficient (Wildman–Crippen LogP) is 3.26. The van der Waals surface area contributed by atoms with E-state index in [0.29, 0.717) is 11.1 Å². The van der Waals surface area contributed by atoms with E-state index in [-0.39, 0.29) is 12.2 Å². The molecule has 5 heteroatoms. The summed E-state index contributed by atoms with van der Waals surface area (Å²) in [7, 11) is 0. The van der Waals surface area contributed by atoms with Crippen molar-refractivity contribution in [1.29, 1.82) is 0 Å². The molecule has 0 atom stereocenters. The summed E-state index contributed by atoms with van der Waals surface area (Å²) in [5, 5.41) is 9.15. The van der Waals surface area contributed by atoms with Crippen molar-refractivity contribution in [3.63, 3.8) is 0 Å². The number of halogens is 3. The van der Waals surface area contributed by atoms with Crippen molar-refractivity contribution < 1.29 is 18.3 Å². The van der Waals surface area contributed by atoms with Gasteiger partial charge in [-0.25, -0.2) is 0 Å². The first-order valence-corrected chi connectivity index (χ1v) is 5.24. The number of aromatic nitrogens is 1. The van der Waals surface area contributed by atoms with E-state index in [4.69, 9.17) is 5.11 Å². The molecule has 2 rings (SSSR count). The number of aliphatic hydroxyl groups is 1. The molecule has 0 unspecified atom stereocenters. The molecule has 0 aliphatic heterocycles. The lowest BCUT2D eigenvalue weighted by atomic mass is 9.97. The van der Waals surface area contributed by atoms with E-state index >= 15 is 0 Å². The van der Waals surface area contributed by atoms with Gasteiger partial charge in [-0.05, 0) is 23.3 Å². The third-order valence-corrected chi connectivity index (χ3v) is 2.60. The zero-order valence-electron chi connectivity index (χ0n) is 9.28. The van der Waals surface area contributed by atoms with Gasteiger partial charge in [0.15, 0.2) is 0 Å². The molecule has 18 heavy (non-hydrogen) atoms. The molecule has 0 bridgehead atoms. The molecule has 0 amide bonds. The zero-order valence-corrected chi connectivity index (χ0v) is 9.28. The summed E-state index contributed by atoms with van der Waals surface area (Å²) >= 11 is 0. The Labute approximate surface area is 102 Å². The minimum absolute atomic E-state index is 0.0523. The maximum atomic E-state index is 12.9. The fraction of sp³-hybridized carbons (Fsp3) is 0.154. The number of benzene rings is 1. The lowest BCUT2D eigenvalue weighted by Crippen LogP contribution is -2.07. The molecule has 0 saturated heterocycles. The Balaban J connectivity index is 2.65. The molecule has 1 aromatic carbocycles. The van der Waals surface area contributed by atoms with E-state index in [1.54, 1.807) is 0 Å². The standard InChI is InChI=1S/C13H10F3NO/c14-13(15,16)12-4-2-1-3-11(12)10-5-6-17-7-9(10)8-18/h1-7,18H,8H2. The summed E-state index contributed by atoms with van der Waals surface area (Å²) in [5.74, 6) is 0. The van der Waals surface area contributed by atoms with E-state index in [1.165, 1.54) is 36.7 Å². The summed E-state index contributed by atoms with van der Waals surface area (Å²) in [5.41, 5.74) is 0.0528. The molecule has 1 heterocycles. The summed E-state index contributed by atoms with van der Waals surface area (Å²) in [6.07, 6.45) is -1.66. The van der Waals surface area contributed by atoms with E-state index in [9.17, 15) is 13.2 Å². The first-order valence-electron chi connectivity index (χ1n) is 5.24. The quantitative estimate of drug-likeness (QED) is 0.891. The molecule has 0 aliphatic carbocycles. The highest BCUT2D eigenvalue weighted by molar-refractivity contribution is 5.70. The van der Waals surface area contributed by atoms with Crippen molar-refractivity contribution in [3.8, 4) is 11.1 Å². The highest BCUT2D eigenvalue weighted by Crippen LogP contribution is 2.37. The minimum Gasteiger partial charge on any atom is -0.392 e. The lowest BCUT2D eigenvalue weighted by molar-refractivity contribution is -0.137. The zero-order chi connectivity index (χ0) is 13.2. The number of hydrogen-bond donors (Lipinski definition) is 1. The smallest absolute Gasteiger partial charge is 0.392 e. The molecule has 0 aliphatic rings. The first kappa shape index (κ1) is 12.6. The van der Waals surface area contributed by atoms with Gasteiger partial charge in [0.1, 0.15) is 0 Å². The SMILES string of the molecule is OCc1cnccc1-c1ccccc1C(F)(F)F. The van der Waals surface area contributed by atoms with Crippen LogP contribution in [0.2, 0.25) is 0 Å². The third-order valence-electron chi connectivity index (χ3n) is 2.60. The van der Waals surface area contributed by atoms with E-state index in [2.05, 4.69) is 4.98 Å². The Morgan fingerprint density at radius 2 is 1.78 bits per heavy atom. The van der Waals surface area contributed by atoms with Crippen LogP contribution in [0.1, 0.15) is 11.1 Å². The average Bonchev–Trinajstić information content (AvgIpc) is 2.37. The largest absolute Gasteiger partial charge is 0.417 e. The fourth-order valence-electron chi connectivity index (χ4n) is 1.78. The molecule has 94 valence electrons. The van der Waals surface area contributed by atoms with Gasteiger partial charge in [-0.1, -0.05) is 18.2 Å². The van der Waals surface area contributed by atoms with Crippen molar-refractivity contribution in [2.75, 3.05) is 0 Å². The van der Waals surface area contributed by atoms with Crippen molar-refractivity contribution in [2.45, 2.75) is 12.8 Å². The Bertz CT molecular complexity index is 552. The number of alkyl halides is 3. The van der Waals surface area contributed by atoms with Crippen molar-refractivity contribution >= 4 is 0 Å². The van der Waals surface area contributed by atoms with Crippen LogP contribution in [0.3, 0.4) is 0 Å². The lowest BCUT2D eigenvalue weighted by Gasteiger charge is -2.14. The summed E-state index contributed by atoms with van der Waals surface area (Å²) in [4.78, 5) is 3.79. The van der Waals surface area contributed by atoms with E-state index in [0.717, 1.165) is 6.07 Å². The van der Waals surface area contributed by atoms with Crippen LogP contribution in [0.5, 0.6) is 0 Å². The van der Waals surface area contributed by atoms with Crippen LogP contribution in [0.4, 0.5) is 13.2 Å². The van der Waals surface area contributed by atoms with Crippen LogP contribution in [-0.4, -0.2) is 10.1 Å². The normalized spacial score (nSPS) is 11.6. The van der Waals surface area contributed by atoms with Gasteiger partial charge in [0, 0.05) is 18.0 Å². The summed E-state index contributed by atoms with van der Waals surface area (Å²) in [6.45, 7) is -0.352. The van der Waals surface area contributed by atoms with Crippen molar-refractivity contribution in [1.82, 2.24) is 4.98 Å². The van der Waals surface area contributed by atoms with Gasteiger partial charge in [0.25, 0.3) is 0 Å². The summed E-state index contributed by atoms with van der Waals surface area (Å²) in [6, 6.07) is 6.75. The molecule has 2 aromatic rings. The van der Waals surface area contributed by atoms with Crippen LogP contribution in [0, 0.1) is 0 Å². The van der Waals surface area contributed by atoms with Crippen LogP contribution < -0.4 is 0 Å². The van der Waals surface area contributed by atoms with Gasteiger partial charge in [-0.2, -0.15) is 13.2 Å². The fourth-order valence-corrected chi connectivity index (χ4v) is 1.78. The van der Waals surface area contributed by atoms with Crippen LogP contribution in [-0.2, 0) is 12.8 Å². The number of pyridine rings is 1.